The van der Waals surface area contributed by atoms with E-state index in [1.54, 1.807) is 17.0 Å². The molecule has 3 aromatic rings. The highest BCUT2D eigenvalue weighted by Crippen LogP contribution is 2.22. The number of para-hydroxylation sites is 1. The zero-order valence-electron chi connectivity index (χ0n) is 17.0. The van der Waals surface area contributed by atoms with Gasteiger partial charge in [0.05, 0.1) is 16.6 Å². The van der Waals surface area contributed by atoms with Crippen LogP contribution in [-0.4, -0.2) is 46.0 Å². The quantitative estimate of drug-likeness (QED) is 0.452. The molecule has 0 spiro atoms. The van der Waals surface area contributed by atoms with Crippen molar-refractivity contribution in [3.8, 4) is 5.69 Å². The Morgan fingerprint density at radius 1 is 1.17 bits per heavy atom. The molecule has 0 fully saturated rings. The van der Waals surface area contributed by atoms with Gasteiger partial charge in [-0.3, -0.25) is 9.36 Å². The molecule has 0 radical (unpaired) electrons. The summed E-state index contributed by atoms with van der Waals surface area (Å²) in [5.74, 6) is 0.0398. The molecule has 29 heavy (non-hydrogen) atoms. The van der Waals surface area contributed by atoms with Crippen LogP contribution in [0, 0.1) is 6.92 Å². The molecule has 0 aliphatic rings. The molecule has 0 N–H and O–H groups in total. The minimum Gasteiger partial charge on any atom is -0.452 e. The Kier molecular flexibility index (Phi) is 6.12. The predicted molar refractivity (Wildman–Crippen MR) is 113 cm³/mol. The minimum atomic E-state index is -0.543. The molecule has 0 atom stereocenters. The van der Waals surface area contributed by atoms with Gasteiger partial charge in [0.2, 0.25) is 0 Å². The summed E-state index contributed by atoms with van der Waals surface area (Å²) in [5.41, 5.74) is 3.85. The molecule has 1 aromatic heterocycles. The number of ether oxygens (including phenoxy) is 1. The predicted octanol–water partition coefficient (Wildman–Crippen LogP) is 3.92. The molecule has 150 valence electrons. The average molecular weight is 391 g/mol. The van der Waals surface area contributed by atoms with Crippen LogP contribution in [0.1, 0.15) is 30.0 Å². The lowest BCUT2D eigenvalue weighted by molar-refractivity contribution is -0.133. The Hall–Kier alpha value is -3.41. The average Bonchev–Trinajstić information content (AvgIpc) is 3.05. The van der Waals surface area contributed by atoms with Crippen LogP contribution < -0.4 is 0 Å². The van der Waals surface area contributed by atoms with Gasteiger partial charge in [-0.05, 0) is 51.1 Å². The normalized spacial score (nSPS) is 10.7. The number of hydrogen-bond acceptors (Lipinski definition) is 4. The fourth-order valence-corrected chi connectivity index (χ4v) is 3.23. The van der Waals surface area contributed by atoms with Crippen molar-refractivity contribution in [2.24, 2.45) is 0 Å². The lowest BCUT2D eigenvalue weighted by Crippen LogP contribution is -2.35. The van der Waals surface area contributed by atoms with Crippen LogP contribution in [0.15, 0.2) is 60.7 Å². The van der Waals surface area contributed by atoms with Crippen molar-refractivity contribution >= 4 is 22.9 Å². The van der Waals surface area contributed by atoms with Gasteiger partial charge in [-0.15, -0.1) is 0 Å². The van der Waals surface area contributed by atoms with Crippen LogP contribution in [0.3, 0.4) is 0 Å². The fraction of sp³-hybridized carbons (Fsp3) is 0.261. The third-order valence-electron chi connectivity index (χ3n) is 4.59. The topological polar surface area (TPSA) is 64.4 Å². The van der Waals surface area contributed by atoms with Crippen molar-refractivity contribution in [3.05, 3.63) is 72.1 Å². The van der Waals surface area contributed by atoms with Gasteiger partial charge in [0, 0.05) is 18.8 Å². The minimum absolute atomic E-state index is 0.242. The maximum atomic E-state index is 12.4. The number of aromatic nitrogens is 2. The molecule has 6 heteroatoms. The Labute approximate surface area is 170 Å². The lowest BCUT2D eigenvalue weighted by Gasteiger charge is -2.20. The summed E-state index contributed by atoms with van der Waals surface area (Å²) in [4.78, 5) is 30.9. The van der Waals surface area contributed by atoms with Gasteiger partial charge in [0.1, 0.15) is 5.82 Å². The zero-order chi connectivity index (χ0) is 21.0. The molecular weight excluding hydrogens is 366 g/mol. The molecule has 0 aliphatic heterocycles. The molecular formula is C23H25N3O3. The van der Waals surface area contributed by atoms with Crippen molar-refractivity contribution in [1.82, 2.24) is 14.5 Å². The summed E-state index contributed by atoms with van der Waals surface area (Å²) >= 11 is 0. The van der Waals surface area contributed by atoms with Crippen molar-refractivity contribution in [3.63, 3.8) is 0 Å². The summed E-state index contributed by atoms with van der Waals surface area (Å²) in [6.07, 6.45) is 0. The van der Waals surface area contributed by atoms with Crippen LogP contribution in [0.5, 0.6) is 0 Å². The van der Waals surface area contributed by atoms with E-state index in [1.165, 1.54) is 0 Å². The molecule has 0 saturated heterocycles. The summed E-state index contributed by atoms with van der Waals surface area (Å²) in [6, 6.07) is 15.1. The fourth-order valence-electron chi connectivity index (χ4n) is 3.23. The van der Waals surface area contributed by atoms with E-state index in [9.17, 15) is 9.59 Å². The molecule has 3 rings (SSSR count). The van der Waals surface area contributed by atoms with E-state index in [2.05, 4.69) is 11.6 Å². The number of hydrogen-bond donors (Lipinski definition) is 0. The maximum absolute atomic E-state index is 12.4. The molecule has 0 unspecified atom stereocenters. The number of carbonyl (C=O) groups excluding carboxylic acids is 2. The number of rotatable bonds is 7. The number of carbonyl (C=O) groups is 2. The monoisotopic (exact) mass is 391 g/mol. The second-order valence-corrected chi connectivity index (χ2v) is 6.97. The van der Waals surface area contributed by atoms with Crippen molar-refractivity contribution in [1.29, 1.82) is 0 Å². The second kappa shape index (κ2) is 8.73. The first-order chi connectivity index (χ1) is 13.9. The number of nitrogens with zero attached hydrogens (tertiary/aromatic N) is 3. The van der Waals surface area contributed by atoms with E-state index in [1.807, 2.05) is 61.7 Å². The highest BCUT2D eigenvalue weighted by molar-refractivity contribution is 5.95. The summed E-state index contributed by atoms with van der Waals surface area (Å²) in [7, 11) is 0. The van der Waals surface area contributed by atoms with E-state index in [0.717, 1.165) is 22.6 Å². The molecule has 0 saturated carbocycles. The first-order valence-electron chi connectivity index (χ1n) is 9.54. The van der Waals surface area contributed by atoms with Crippen molar-refractivity contribution < 1.29 is 14.3 Å². The van der Waals surface area contributed by atoms with Crippen LogP contribution in [-0.2, 0) is 9.53 Å². The Morgan fingerprint density at radius 2 is 1.90 bits per heavy atom. The SMILES string of the molecule is C=C(C)CN(CC)C(=O)COC(=O)c1ccc2c(c1)nc(C)n2-c1ccccc1. The van der Waals surface area contributed by atoms with Gasteiger partial charge in [-0.2, -0.15) is 0 Å². The summed E-state index contributed by atoms with van der Waals surface area (Å²) in [6.45, 7) is 10.2. The number of likely N-dealkylation sites (N-methyl/N-ethyl adjacent to an activating group) is 1. The number of esters is 1. The van der Waals surface area contributed by atoms with E-state index >= 15 is 0 Å². The third-order valence-corrected chi connectivity index (χ3v) is 4.59. The Bertz CT molecular complexity index is 1050. The smallest absolute Gasteiger partial charge is 0.338 e. The molecule has 1 heterocycles. The molecule has 6 nitrogen and oxygen atoms in total. The van der Waals surface area contributed by atoms with Crippen LogP contribution >= 0.6 is 0 Å². The van der Waals surface area contributed by atoms with Crippen LogP contribution in [0.4, 0.5) is 0 Å². The molecule has 1 amide bonds. The standard InChI is InChI=1S/C23H25N3O3/c1-5-25(14-16(2)3)22(27)15-29-23(28)18-11-12-21-20(13-18)24-17(4)26(21)19-9-7-6-8-10-19/h6-13H,2,5,14-15H2,1,3-4H3. The first kappa shape index (κ1) is 20.3. The highest BCUT2D eigenvalue weighted by atomic mass is 16.5. The van der Waals surface area contributed by atoms with E-state index < -0.39 is 5.97 Å². The largest absolute Gasteiger partial charge is 0.452 e. The van der Waals surface area contributed by atoms with E-state index in [-0.39, 0.29) is 12.5 Å². The van der Waals surface area contributed by atoms with E-state index in [0.29, 0.717) is 24.2 Å². The van der Waals surface area contributed by atoms with Crippen molar-refractivity contribution in [2.75, 3.05) is 19.7 Å². The summed E-state index contributed by atoms with van der Waals surface area (Å²) in [5, 5.41) is 0. The molecule has 0 bridgehead atoms. The number of aryl methyl sites for hydroxylation is 1. The van der Waals surface area contributed by atoms with Gasteiger partial charge in [-0.1, -0.05) is 30.4 Å². The molecule has 2 aromatic carbocycles. The van der Waals surface area contributed by atoms with Gasteiger partial charge in [0.15, 0.2) is 6.61 Å². The zero-order valence-corrected chi connectivity index (χ0v) is 17.0. The number of fused-ring (bicyclic) bond motifs is 1. The first-order valence-corrected chi connectivity index (χ1v) is 9.54. The van der Waals surface area contributed by atoms with Crippen LogP contribution in [0.2, 0.25) is 0 Å². The van der Waals surface area contributed by atoms with Gasteiger partial charge in [0.25, 0.3) is 5.91 Å². The van der Waals surface area contributed by atoms with Crippen molar-refractivity contribution in [2.45, 2.75) is 20.8 Å². The Balaban J connectivity index is 1.76. The lowest BCUT2D eigenvalue weighted by atomic mass is 10.2. The number of imidazole rings is 1. The third kappa shape index (κ3) is 4.54. The van der Waals surface area contributed by atoms with E-state index in [4.69, 9.17) is 4.74 Å². The van der Waals surface area contributed by atoms with Gasteiger partial charge >= 0.3 is 5.97 Å². The maximum Gasteiger partial charge on any atom is 0.338 e. The second-order valence-electron chi connectivity index (χ2n) is 6.97. The number of amides is 1. The summed E-state index contributed by atoms with van der Waals surface area (Å²) < 4.78 is 7.26. The van der Waals surface area contributed by atoms with Gasteiger partial charge < -0.3 is 9.64 Å². The molecule has 0 aliphatic carbocycles. The van der Waals surface area contributed by atoms with Crippen LogP contribution in [0.25, 0.3) is 16.7 Å². The highest BCUT2D eigenvalue weighted by Gasteiger charge is 2.17. The van der Waals surface area contributed by atoms with Gasteiger partial charge in [-0.25, -0.2) is 9.78 Å². The Morgan fingerprint density at radius 3 is 2.55 bits per heavy atom. The number of benzene rings is 2.